The summed E-state index contributed by atoms with van der Waals surface area (Å²) in [6, 6.07) is 69.1. The lowest BCUT2D eigenvalue weighted by molar-refractivity contribution is -0.363. The van der Waals surface area contributed by atoms with Crippen LogP contribution in [0.2, 0.25) is 0 Å². The Bertz CT molecular complexity index is 3090. The van der Waals surface area contributed by atoms with E-state index in [4.69, 9.17) is 61.6 Å². The van der Waals surface area contributed by atoms with Gasteiger partial charge in [0.2, 0.25) is 0 Å². The third-order valence-corrected chi connectivity index (χ3v) is 16.1. The Hall–Kier alpha value is -6.67. The maximum Gasteiger partial charge on any atom is 0.187 e. The first-order chi connectivity index (χ1) is 41.2. The van der Waals surface area contributed by atoms with Gasteiger partial charge in [0, 0.05) is 4.91 Å². The maximum absolute atomic E-state index is 10.3. The first-order valence-electron chi connectivity index (χ1n) is 28.9. The number of fused-ring (bicyclic) bond motifs is 3. The third kappa shape index (κ3) is 12.9. The number of ether oxygens (including phenoxy) is 13. The van der Waals surface area contributed by atoms with Gasteiger partial charge >= 0.3 is 0 Å². The summed E-state index contributed by atoms with van der Waals surface area (Å²) in [6.45, 7) is 6.69. The minimum Gasteiger partial charge on any atom is -0.368 e. The highest BCUT2D eigenvalue weighted by Crippen LogP contribution is 2.46. The molecule has 0 radical (unpaired) electrons. The smallest absolute Gasteiger partial charge is 0.187 e. The molecule has 2 bridgehead atoms. The predicted octanol–water partition coefficient (Wildman–Crippen LogP) is 11.5. The fraction of sp³-hybridized carbons (Fsp3) is 0.382. The molecule has 84 heavy (non-hydrogen) atoms. The van der Waals surface area contributed by atoms with Gasteiger partial charge in [0.25, 0.3) is 0 Å². The zero-order valence-corrected chi connectivity index (χ0v) is 47.3. The zero-order valence-electron chi connectivity index (χ0n) is 47.3. The molecule has 0 N–H and O–H groups in total. The van der Waals surface area contributed by atoms with Crippen molar-refractivity contribution in [2.45, 2.75) is 151 Å². The van der Waals surface area contributed by atoms with E-state index in [2.05, 4.69) is 46.4 Å². The van der Waals surface area contributed by atoms with Crippen molar-refractivity contribution in [3.63, 3.8) is 0 Å². The first-order valence-corrected chi connectivity index (χ1v) is 28.9. The zero-order chi connectivity index (χ0) is 57.3. The van der Waals surface area contributed by atoms with Crippen molar-refractivity contribution in [3.8, 4) is 0 Å². The lowest BCUT2D eigenvalue weighted by Crippen LogP contribution is -2.65. The fourth-order valence-corrected chi connectivity index (χ4v) is 12.1. The summed E-state index contributed by atoms with van der Waals surface area (Å²) < 4.78 is 90.8. The van der Waals surface area contributed by atoms with Crippen molar-refractivity contribution in [1.82, 2.24) is 0 Å². The molecule has 12 rings (SSSR count). The van der Waals surface area contributed by atoms with E-state index < -0.39 is 103 Å². The molecule has 5 fully saturated rings. The minimum absolute atomic E-state index is 0.00767. The number of hydrogen-bond acceptors (Lipinski definition) is 14. The van der Waals surface area contributed by atoms with Crippen LogP contribution in [-0.4, -0.2) is 111 Å². The summed E-state index contributed by atoms with van der Waals surface area (Å²) in [7, 11) is 0. The van der Waals surface area contributed by atoms with E-state index in [-0.39, 0.29) is 39.6 Å². The molecular formula is C68H71N3O13. The largest absolute Gasteiger partial charge is 0.368 e. The second kappa shape index (κ2) is 26.7. The van der Waals surface area contributed by atoms with E-state index >= 15 is 0 Å². The summed E-state index contributed by atoms with van der Waals surface area (Å²) in [4.78, 5) is 3.33. The standard InChI is InChI=1S/C68H71N3O13/c1-45-56(72-39-46-25-11-4-12-26-46)60(73-40-47-27-13-5-14-28-47)62(74-41-48-29-15-6-16-30-48)65(78-45)82-59-55(70-71-69)64-76-43-53(79-64)57(59)81-66-63(75-42-49-31-17-7-18-32-49)61-58(83-67(2,3)84-61)54(80-66)44-77-68(50-33-19-8-20-34-50,51-35-21-9-22-36-51)52-37-23-10-24-38-52/h4-38,45,53-66H,39-44H2,1-3H3/t45-,53+,54+,55+,56+,57+,58-,59+,60+,61-,62-,63+,64+,65-,66-/m0/s1. The van der Waals surface area contributed by atoms with Crippen LogP contribution >= 0.6 is 0 Å². The van der Waals surface area contributed by atoms with Gasteiger partial charge in [-0.25, -0.2) is 0 Å². The van der Waals surface area contributed by atoms with Crippen molar-refractivity contribution in [2.75, 3.05) is 13.2 Å². The van der Waals surface area contributed by atoms with Crippen LogP contribution in [0.5, 0.6) is 0 Å². The average molecular weight is 1140 g/mol. The first kappa shape index (κ1) is 57.7. The normalized spacial score (nSPS) is 29.8. The summed E-state index contributed by atoms with van der Waals surface area (Å²) in [5.74, 6) is -1.07. The Balaban J connectivity index is 0.908. The SMILES string of the molecule is C[C@@H]1O[C@@H](O[C@@H]2[C@@H](N=[N+]=[N-])[C@@H]3OC[C@@H](O3)[C@H]2O[C@@H]2O[C@H](COC(c3ccccc3)(c3ccccc3)c3ccccc3)[C@@H]3OC(C)(C)O[C@@H]3[C@H]2OCc2ccccc2)[C@@H](OCc2ccccc2)[C@H](OCc2ccccc2)[C@@H]1OCc1ccccc1. The van der Waals surface area contributed by atoms with Gasteiger partial charge in [0.15, 0.2) is 24.7 Å². The lowest BCUT2D eigenvalue weighted by Gasteiger charge is -2.49. The molecule has 0 unspecified atom stereocenters. The molecule has 436 valence electrons. The van der Waals surface area contributed by atoms with Gasteiger partial charge in [-0.1, -0.05) is 217 Å². The van der Waals surface area contributed by atoms with Gasteiger partial charge in [-0.3, -0.25) is 0 Å². The molecule has 5 saturated heterocycles. The van der Waals surface area contributed by atoms with Crippen LogP contribution in [-0.2, 0) is 93.6 Å². The summed E-state index contributed by atoms with van der Waals surface area (Å²) >= 11 is 0. The molecule has 0 spiro atoms. The second-order valence-corrected chi connectivity index (χ2v) is 22.2. The average Bonchev–Trinajstić information content (AvgIpc) is 3.04. The van der Waals surface area contributed by atoms with Gasteiger partial charge in [0.05, 0.1) is 45.7 Å². The van der Waals surface area contributed by atoms with Gasteiger partial charge in [-0.15, -0.1) is 0 Å². The summed E-state index contributed by atoms with van der Waals surface area (Å²) in [6.07, 6.45) is -12.3. The summed E-state index contributed by atoms with van der Waals surface area (Å²) in [5, 5.41) is 4.32. The Morgan fingerprint density at radius 1 is 0.488 bits per heavy atom. The highest BCUT2D eigenvalue weighted by molar-refractivity contribution is 5.47. The van der Waals surface area contributed by atoms with Gasteiger partial charge in [-0.05, 0) is 65.2 Å². The van der Waals surface area contributed by atoms with E-state index in [1.807, 2.05) is 197 Å². The molecule has 7 aromatic carbocycles. The molecule has 15 atom stereocenters. The topological polar surface area (TPSA) is 169 Å². The Morgan fingerprint density at radius 3 is 1.39 bits per heavy atom. The molecule has 7 aromatic rings. The van der Waals surface area contributed by atoms with E-state index in [0.717, 1.165) is 38.9 Å². The van der Waals surface area contributed by atoms with E-state index in [9.17, 15) is 5.53 Å². The number of hydrogen-bond donors (Lipinski definition) is 0. The monoisotopic (exact) mass is 1140 g/mol. The predicted molar refractivity (Wildman–Crippen MR) is 309 cm³/mol. The Morgan fingerprint density at radius 2 is 0.905 bits per heavy atom. The van der Waals surface area contributed by atoms with Crippen LogP contribution in [0.4, 0.5) is 0 Å². The van der Waals surface area contributed by atoms with Crippen molar-refractivity contribution >= 4 is 0 Å². The van der Waals surface area contributed by atoms with E-state index in [1.54, 1.807) is 0 Å². The Labute approximate surface area is 490 Å². The molecule has 16 nitrogen and oxygen atoms in total. The molecule has 5 aliphatic rings. The van der Waals surface area contributed by atoms with Crippen LogP contribution in [0.25, 0.3) is 10.4 Å². The van der Waals surface area contributed by atoms with Crippen LogP contribution in [0.3, 0.4) is 0 Å². The highest BCUT2D eigenvalue weighted by Gasteiger charge is 2.61. The third-order valence-electron chi connectivity index (χ3n) is 16.1. The number of benzene rings is 7. The Kier molecular flexibility index (Phi) is 18.4. The van der Waals surface area contributed by atoms with Crippen molar-refractivity contribution in [3.05, 3.63) is 262 Å². The van der Waals surface area contributed by atoms with Crippen molar-refractivity contribution in [1.29, 1.82) is 0 Å². The number of rotatable bonds is 23. The maximum atomic E-state index is 10.3. The van der Waals surface area contributed by atoms with Gasteiger partial charge in [0.1, 0.15) is 72.7 Å². The highest BCUT2D eigenvalue weighted by atomic mass is 16.8. The molecule has 5 heterocycles. The van der Waals surface area contributed by atoms with Crippen molar-refractivity contribution < 1.29 is 61.6 Å². The fourth-order valence-electron chi connectivity index (χ4n) is 12.1. The van der Waals surface area contributed by atoms with Crippen LogP contribution in [0.1, 0.15) is 59.7 Å². The molecule has 0 saturated carbocycles. The van der Waals surface area contributed by atoms with Crippen LogP contribution in [0.15, 0.2) is 217 Å². The molecule has 5 aliphatic heterocycles. The quantitative estimate of drug-likeness (QED) is 0.0257. The van der Waals surface area contributed by atoms with E-state index in [1.165, 1.54) is 0 Å². The molecular weight excluding hydrogens is 1070 g/mol. The lowest BCUT2D eigenvalue weighted by atomic mass is 9.80. The second-order valence-electron chi connectivity index (χ2n) is 22.2. The number of azide groups is 1. The molecule has 16 heteroatoms. The number of nitrogens with zero attached hydrogens (tertiary/aromatic N) is 3. The van der Waals surface area contributed by atoms with Crippen molar-refractivity contribution in [2.24, 2.45) is 5.11 Å². The van der Waals surface area contributed by atoms with E-state index in [0.29, 0.717) is 0 Å². The minimum atomic E-state index is -1.20. The molecule has 0 amide bonds. The van der Waals surface area contributed by atoms with Crippen LogP contribution in [0, 0.1) is 0 Å². The molecule has 0 aromatic heterocycles. The molecule has 0 aliphatic carbocycles. The van der Waals surface area contributed by atoms with Gasteiger partial charge < -0.3 is 61.6 Å². The summed E-state index contributed by atoms with van der Waals surface area (Å²) in [5.41, 5.74) is 15.8. The van der Waals surface area contributed by atoms with Gasteiger partial charge in [-0.2, -0.15) is 0 Å². The van der Waals surface area contributed by atoms with Crippen LogP contribution < -0.4 is 0 Å².